The number of hydrogen-bond donors (Lipinski definition) is 3. The highest BCUT2D eigenvalue weighted by atomic mass is 16.5. The van der Waals surface area contributed by atoms with Crippen LogP contribution in [0.5, 0.6) is 0 Å². The first-order chi connectivity index (χ1) is 27.7. The predicted octanol–water partition coefficient (Wildman–Crippen LogP) is 7.04. The van der Waals surface area contributed by atoms with Crippen molar-refractivity contribution < 1.29 is 23.9 Å². The molecule has 0 aromatic heterocycles. The second-order valence-corrected chi connectivity index (χ2v) is 16.1. The molecular formula is C46H52N6O5. The quantitative estimate of drug-likeness (QED) is 0.169. The minimum atomic E-state index is -0.855. The number of benzene rings is 3. The van der Waals surface area contributed by atoms with E-state index in [1.165, 1.54) is 26.2 Å². The molecular weight excluding hydrogens is 717 g/mol. The number of nitrogens with zero attached hydrogens (tertiary/aromatic N) is 3. The minimum Gasteiger partial charge on any atom is -0.453 e. The van der Waals surface area contributed by atoms with Gasteiger partial charge in [0.2, 0.25) is 11.8 Å². The van der Waals surface area contributed by atoms with Crippen molar-refractivity contribution >= 4 is 46.2 Å². The second-order valence-electron chi connectivity index (χ2n) is 16.1. The van der Waals surface area contributed by atoms with Gasteiger partial charge in [-0.1, -0.05) is 60.7 Å². The van der Waals surface area contributed by atoms with Gasteiger partial charge in [-0.15, -0.1) is 0 Å². The van der Waals surface area contributed by atoms with Gasteiger partial charge in [0.1, 0.15) is 6.04 Å². The summed E-state index contributed by atoms with van der Waals surface area (Å²) >= 11 is 0. The van der Waals surface area contributed by atoms with E-state index in [0.717, 1.165) is 76.9 Å². The standard InChI is InChI=1S/C46H52N6O5/c1-27(56-2)43(51-46(55)57-3)45(54)52-19-5-8-40(52)38-22-35(25-48-38)31-13-9-29(10-14-31)30-11-15-32(16-12-30)36-23-39(49-26-36)41-33-17-18-34(21-33)42(41)44(53)50-24-28-6-4-7-37(47)20-28/h4,6-7,9-16,20,25-27,33-34,40-43H,5,8,17-19,21-24,47H2,1-3H3,(H,50,53)(H,51,55)/t27-,33?,34?,40+,41-,42+,43+/m1/s1. The molecule has 1 saturated heterocycles. The molecule has 2 bridgehead atoms. The number of alkyl carbamates (subject to hydrolysis) is 1. The largest absolute Gasteiger partial charge is 0.453 e. The molecule has 8 rings (SSSR count). The minimum absolute atomic E-state index is 0.0268. The first kappa shape index (κ1) is 38.3. The van der Waals surface area contributed by atoms with Crippen molar-refractivity contribution in [3.63, 3.8) is 0 Å². The van der Waals surface area contributed by atoms with Crippen LogP contribution in [0.25, 0.3) is 22.3 Å². The molecule has 3 aliphatic heterocycles. The van der Waals surface area contributed by atoms with Gasteiger partial charge in [-0.25, -0.2) is 4.79 Å². The smallest absolute Gasteiger partial charge is 0.407 e. The summed E-state index contributed by atoms with van der Waals surface area (Å²) in [5, 5.41) is 5.87. The van der Waals surface area contributed by atoms with Crippen molar-refractivity contribution in [2.24, 2.45) is 33.7 Å². The highest BCUT2D eigenvalue weighted by Crippen LogP contribution is 2.54. The Morgan fingerprint density at radius 1 is 0.842 bits per heavy atom. The van der Waals surface area contributed by atoms with Gasteiger partial charge < -0.3 is 30.7 Å². The van der Waals surface area contributed by atoms with Crippen LogP contribution in [0.2, 0.25) is 0 Å². The number of hydrogen-bond acceptors (Lipinski definition) is 8. The summed E-state index contributed by atoms with van der Waals surface area (Å²) in [5.41, 5.74) is 16.6. The Hall–Kier alpha value is -5.55. The van der Waals surface area contributed by atoms with Gasteiger partial charge in [-0.05, 0) is 102 Å². The summed E-state index contributed by atoms with van der Waals surface area (Å²) in [4.78, 5) is 50.9. The van der Waals surface area contributed by atoms with Crippen LogP contribution in [-0.4, -0.2) is 73.2 Å². The molecule has 2 aliphatic carbocycles. The number of anilines is 1. The summed E-state index contributed by atoms with van der Waals surface area (Å²) in [7, 11) is 2.80. The number of amides is 3. The van der Waals surface area contributed by atoms with E-state index in [-0.39, 0.29) is 29.7 Å². The number of nitrogens with two attached hydrogens (primary N) is 1. The summed E-state index contributed by atoms with van der Waals surface area (Å²) in [6.45, 7) is 2.84. The van der Waals surface area contributed by atoms with Crippen molar-refractivity contribution in [2.45, 2.75) is 76.6 Å². The van der Waals surface area contributed by atoms with E-state index in [0.29, 0.717) is 37.0 Å². The third-order valence-corrected chi connectivity index (χ3v) is 12.9. The molecule has 7 atom stereocenters. The zero-order chi connectivity index (χ0) is 39.6. The van der Waals surface area contributed by atoms with Gasteiger partial charge in [0.25, 0.3) is 0 Å². The Balaban J connectivity index is 0.862. The van der Waals surface area contributed by atoms with Gasteiger partial charge in [0.15, 0.2) is 0 Å². The molecule has 11 nitrogen and oxygen atoms in total. The van der Waals surface area contributed by atoms with Crippen molar-refractivity contribution in [1.29, 1.82) is 0 Å². The van der Waals surface area contributed by atoms with Crippen LogP contribution >= 0.6 is 0 Å². The number of nitrogens with one attached hydrogen (secondary N) is 2. The van der Waals surface area contributed by atoms with E-state index in [1.807, 2.05) is 41.6 Å². The molecule has 3 fully saturated rings. The second kappa shape index (κ2) is 16.5. The molecule has 296 valence electrons. The van der Waals surface area contributed by atoms with Gasteiger partial charge in [-0.2, -0.15) is 0 Å². The number of methoxy groups -OCH3 is 2. The fraction of sp³-hybridized carbons (Fsp3) is 0.413. The lowest BCUT2D eigenvalue weighted by Gasteiger charge is -2.31. The van der Waals surface area contributed by atoms with Gasteiger partial charge in [-0.3, -0.25) is 19.6 Å². The highest BCUT2D eigenvalue weighted by molar-refractivity contribution is 6.04. The van der Waals surface area contributed by atoms with Crippen LogP contribution in [0.3, 0.4) is 0 Å². The van der Waals surface area contributed by atoms with Crippen molar-refractivity contribution in [3.05, 3.63) is 102 Å². The van der Waals surface area contributed by atoms with Crippen LogP contribution in [0.1, 0.15) is 68.6 Å². The van der Waals surface area contributed by atoms with Crippen molar-refractivity contribution in [1.82, 2.24) is 15.5 Å². The number of likely N-dealkylation sites (tertiary alicyclic amines) is 1. The van der Waals surface area contributed by atoms with E-state index in [4.69, 9.17) is 25.2 Å². The number of aliphatic imine (C=N–C) groups is 2. The van der Waals surface area contributed by atoms with E-state index in [1.54, 1.807) is 6.92 Å². The van der Waals surface area contributed by atoms with Crippen LogP contribution in [0.4, 0.5) is 10.5 Å². The van der Waals surface area contributed by atoms with Gasteiger partial charge in [0.05, 0.1) is 19.3 Å². The van der Waals surface area contributed by atoms with Crippen LogP contribution in [0, 0.1) is 23.7 Å². The maximum Gasteiger partial charge on any atom is 0.407 e. The lowest BCUT2D eigenvalue weighted by atomic mass is 9.75. The maximum absolute atomic E-state index is 13.7. The molecule has 3 aromatic carbocycles. The number of nitrogen functional groups attached to an aromatic ring is 1. The number of allylic oxidation sites excluding steroid dienone is 2. The first-order valence-corrected chi connectivity index (χ1v) is 20.2. The zero-order valence-electron chi connectivity index (χ0n) is 32.9. The van der Waals surface area contributed by atoms with E-state index in [9.17, 15) is 14.4 Å². The topological polar surface area (TPSA) is 148 Å². The maximum atomic E-state index is 13.7. The lowest BCUT2D eigenvalue weighted by Crippen LogP contribution is -2.56. The van der Waals surface area contributed by atoms with Crippen molar-refractivity contribution in [2.75, 3.05) is 26.5 Å². The molecule has 3 aromatic rings. The number of ether oxygens (including phenoxy) is 2. The predicted molar refractivity (Wildman–Crippen MR) is 223 cm³/mol. The first-order valence-electron chi connectivity index (χ1n) is 20.2. The number of fused-ring (bicyclic) bond motifs is 2. The molecule has 2 saturated carbocycles. The lowest BCUT2D eigenvalue weighted by molar-refractivity contribution is -0.136. The molecule has 3 heterocycles. The average molecular weight is 769 g/mol. The molecule has 0 spiro atoms. The fourth-order valence-electron chi connectivity index (χ4n) is 9.82. The molecule has 3 amide bonds. The summed E-state index contributed by atoms with van der Waals surface area (Å²) in [6, 6.07) is 24.0. The summed E-state index contributed by atoms with van der Waals surface area (Å²) in [5.74, 6) is 1.06. The number of rotatable bonds is 12. The van der Waals surface area contributed by atoms with Crippen LogP contribution in [0.15, 0.2) is 95.2 Å². The molecule has 57 heavy (non-hydrogen) atoms. The van der Waals surface area contributed by atoms with E-state index in [2.05, 4.69) is 59.2 Å². The molecule has 4 N–H and O–H groups in total. The summed E-state index contributed by atoms with van der Waals surface area (Å²) in [6.07, 6.45) is 9.27. The Bertz CT molecular complexity index is 2140. The average Bonchev–Trinajstić information content (AvgIpc) is 4.10. The summed E-state index contributed by atoms with van der Waals surface area (Å²) < 4.78 is 10.2. The van der Waals surface area contributed by atoms with E-state index < -0.39 is 18.2 Å². The monoisotopic (exact) mass is 768 g/mol. The number of carbonyl (C=O) groups is 3. The van der Waals surface area contributed by atoms with Crippen LogP contribution in [-0.2, 0) is 25.6 Å². The van der Waals surface area contributed by atoms with Gasteiger partial charge >= 0.3 is 6.09 Å². The van der Waals surface area contributed by atoms with Gasteiger partial charge in [0, 0.05) is 74.4 Å². The highest BCUT2D eigenvalue weighted by Gasteiger charge is 2.52. The number of carbonyl (C=O) groups excluding carboxylic acids is 3. The zero-order valence-corrected chi connectivity index (χ0v) is 32.9. The third-order valence-electron chi connectivity index (χ3n) is 12.9. The van der Waals surface area contributed by atoms with Crippen molar-refractivity contribution in [3.8, 4) is 11.1 Å². The molecule has 11 heteroatoms. The fourth-order valence-corrected chi connectivity index (χ4v) is 9.82. The van der Waals surface area contributed by atoms with Crippen LogP contribution < -0.4 is 16.4 Å². The third kappa shape index (κ3) is 7.90. The Morgan fingerprint density at radius 2 is 1.47 bits per heavy atom. The molecule has 5 aliphatic rings. The molecule has 2 unspecified atom stereocenters. The Morgan fingerprint density at radius 3 is 2.12 bits per heavy atom. The molecule has 0 radical (unpaired) electrons. The Labute approximate surface area is 334 Å². The van der Waals surface area contributed by atoms with E-state index >= 15 is 0 Å². The SMILES string of the molecule is COC(=O)N[C@H](C(=O)N1CCC[C@H]1C1=NC=C(c2ccc(-c3ccc(C4=CN=C([C@H]5C6CCC(C6)[C@@H]5C(=O)NCc5cccc(N)c5)C4)cc3)cc2)C1)[C@@H](C)OC. The normalized spacial score (nSPS) is 24.7. The Kier molecular flexibility index (Phi) is 11.1.